The van der Waals surface area contributed by atoms with Crippen molar-refractivity contribution in [2.45, 2.75) is 43.4 Å². The molecule has 2 fully saturated rings. The minimum Gasteiger partial charge on any atom is -0.466 e. The lowest BCUT2D eigenvalue weighted by Gasteiger charge is -2.42. The molecule has 2 aromatic heterocycles. The summed E-state index contributed by atoms with van der Waals surface area (Å²) in [6.45, 7) is 0. The smallest absolute Gasteiger partial charge is 0.273 e. The van der Waals surface area contributed by atoms with Crippen LogP contribution >= 0.6 is 11.3 Å². The number of furan rings is 1. The summed E-state index contributed by atoms with van der Waals surface area (Å²) < 4.78 is 5.40. The van der Waals surface area contributed by atoms with Crippen LogP contribution in [0.2, 0.25) is 0 Å². The van der Waals surface area contributed by atoms with Gasteiger partial charge in [-0.3, -0.25) is 4.79 Å². The second kappa shape index (κ2) is 4.68. The van der Waals surface area contributed by atoms with Gasteiger partial charge in [-0.2, -0.15) is 0 Å². The van der Waals surface area contributed by atoms with Gasteiger partial charge in [0.1, 0.15) is 17.1 Å². The Morgan fingerprint density at radius 1 is 1.43 bits per heavy atom. The average Bonchev–Trinajstić information content (AvgIpc) is 3.18. The molecule has 0 radical (unpaired) electrons. The number of fused-ring (bicyclic) bond motifs is 2. The molecule has 6 heteroatoms. The lowest BCUT2D eigenvalue weighted by atomic mass is 9.84. The SMILES string of the molecule is O=C(c1cscn1)N1[C@@H]2CC[C@@H]1CC(O)(c1ccco1)C2. The number of hydrogen-bond acceptors (Lipinski definition) is 5. The van der Waals surface area contributed by atoms with Crippen LogP contribution in [-0.4, -0.2) is 33.0 Å². The summed E-state index contributed by atoms with van der Waals surface area (Å²) in [4.78, 5) is 18.6. The number of aliphatic hydroxyl groups is 1. The van der Waals surface area contributed by atoms with Crippen molar-refractivity contribution in [1.82, 2.24) is 9.88 Å². The van der Waals surface area contributed by atoms with E-state index in [0.29, 0.717) is 24.3 Å². The predicted molar refractivity (Wildman–Crippen MR) is 76.9 cm³/mol. The third-order valence-corrected chi connectivity index (χ3v) is 5.22. The van der Waals surface area contributed by atoms with E-state index in [9.17, 15) is 9.90 Å². The van der Waals surface area contributed by atoms with E-state index < -0.39 is 5.60 Å². The Morgan fingerprint density at radius 2 is 2.19 bits per heavy atom. The number of carbonyl (C=O) groups excluding carboxylic acids is 1. The van der Waals surface area contributed by atoms with Gasteiger partial charge < -0.3 is 14.4 Å². The van der Waals surface area contributed by atoms with E-state index >= 15 is 0 Å². The highest BCUT2D eigenvalue weighted by Crippen LogP contribution is 2.46. The van der Waals surface area contributed by atoms with Crippen molar-refractivity contribution in [2.24, 2.45) is 0 Å². The lowest BCUT2D eigenvalue weighted by molar-refractivity contribution is -0.0616. The van der Waals surface area contributed by atoms with Crippen LogP contribution in [0.3, 0.4) is 0 Å². The van der Waals surface area contributed by atoms with E-state index in [4.69, 9.17) is 4.42 Å². The van der Waals surface area contributed by atoms with E-state index in [2.05, 4.69) is 4.98 Å². The van der Waals surface area contributed by atoms with E-state index in [1.54, 1.807) is 23.2 Å². The highest BCUT2D eigenvalue weighted by molar-refractivity contribution is 7.07. The maximum absolute atomic E-state index is 12.6. The summed E-state index contributed by atoms with van der Waals surface area (Å²) in [7, 11) is 0. The number of aromatic nitrogens is 1. The molecule has 0 unspecified atom stereocenters. The molecule has 4 heterocycles. The van der Waals surface area contributed by atoms with E-state index in [1.165, 1.54) is 11.3 Å². The number of rotatable bonds is 2. The maximum atomic E-state index is 12.6. The first kappa shape index (κ1) is 13.0. The summed E-state index contributed by atoms with van der Waals surface area (Å²) in [5.41, 5.74) is 1.24. The van der Waals surface area contributed by atoms with Gasteiger partial charge in [-0.05, 0) is 25.0 Å². The second-order valence-electron chi connectivity index (χ2n) is 5.89. The molecule has 4 rings (SSSR count). The van der Waals surface area contributed by atoms with Crippen LogP contribution in [0.5, 0.6) is 0 Å². The summed E-state index contributed by atoms with van der Waals surface area (Å²) in [6, 6.07) is 3.74. The minimum atomic E-state index is -0.950. The predicted octanol–water partition coefficient (Wildman–Crippen LogP) is 2.39. The van der Waals surface area contributed by atoms with Crippen molar-refractivity contribution in [2.75, 3.05) is 0 Å². The Hall–Kier alpha value is -1.66. The summed E-state index contributed by atoms with van der Waals surface area (Å²) in [5, 5.41) is 12.7. The van der Waals surface area contributed by atoms with E-state index in [-0.39, 0.29) is 18.0 Å². The molecule has 0 saturated carbocycles. The fourth-order valence-electron chi connectivity index (χ4n) is 3.75. The van der Waals surface area contributed by atoms with Gasteiger partial charge in [-0.1, -0.05) is 0 Å². The number of hydrogen-bond donors (Lipinski definition) is 1. The highest BCUT2D eigenvalue weighted by Gasteiger charge is 2.51. The zero-order valence-corrected chi connectivity index (χ0v) is 12.3. The third-order valence-electron chi connectivity index (χ3n) is 4.63. The van der Waals surface area contributed by atoms with Gasteiger partial charge >= 0.3 is 0 Å². The van der Waals surface area contributed by atoms with Gasteiger partial charge in [0.05, 0.1) is 11.8 Å². The molecule has 2 bridgehead atoms. The average molecular weight is 304 g/mol. The zero-order valence-electron chi connectivity index (χ0n) is 11.4. The normalized spacial score (nSPS) is 31.6. The quantitative estimate of drug-likeness (QED) is 0.925. The second-order valence-corrected chi connectivity index (χ2v) is 6.61. The fraction of sp³-hybridized carbons (Fsp3) is 0.467. The number of thiazole rings is 1. The molecule has 2 aliphatic heterocycles. The van der Waals surface area contributed by atoms with Gasteiger partial charge in [0.15, 0.2) is 0 Å². The molecule has 2 aromatic rings. The molecule has 21 heavy (non-hydrogen) atoms. The van der Waals surface area contributed by atoms with Crippen LogP contribution in [0.4, 0.5) is 0 Å². The molecule has 1 amide bonds. The lowest BCUT2D eigenvalue weighted by Crippen LogP contribution is -2.52. The van der Waals surface area contributed by atoms with Crippen molar-refractivity contribution in [1.29, 1.82) is 0 Å². The van der Waals surface area contributed by atoms with Gasteiger partial charge in [-0.15, -0.1) is 11.3 Å². The van der Waals surface area contributed by atoms with Crippen molar-refractivity contribution in [3.8, 4) is 0 Å². The van der Waals surface area contributed by atoms with Crippen molar-refractivity contribution >= 4 is 17.2 Å². The molecule has 1 N–H and O–H groups in total. The molecular weight excluding hydrogens is 288 g/mol. The summed E-state index contributed by atoms with van der Waals surface area (Å²) in [6.07, 6.45) is 4.52. The molecular formula is C15H16N2O3S. The first-order chi connectivity index (χ1) is 10.2. The Bertz CT molecular complexity index is 624. The molecule has 0 spiro atoms. The molecule has 2 saturated heterocycles. The van der Waals surface area contributed by atoms with Crippen LogP contribution in [0, 0.1) is 0 Å². The number of amides is 1. The van der Waals surface area contributed by atoms with Gasteiger partial charge in [-0.25, -0.2) is 4.98 Å². The summed E-state index contributed by atoms with van der Waals surface area (Å²) >= 11 is 1.43. The Morgan fingerprint density at radius 3 is 2.76 bits per heavy atom. The van der Waals surface area contributed by atoms with Crippen LogP contribution in [-0.2, 0) is 5.60 Å². The van der Waals surface area contributed by atoms with Crippen LogP contribution in [0.1, 0.15) is 41.9 Å². The van der Waals surface area contributed by atoms with Gasteiger partial charge in [0.2, 0.25) is 0 Å². The largest absolute Gasteiger partial charge is 0.466 e. The highest BCUT2D eigenvalue weighted by atomic mass is 32.1. The Balaban J connectivity index is 1.61. The van der Waals surface area contributed by atoms with Crippen LogP contribution in [0.15, 0.2) is 33.7 Å². The third kappa shape index (κ3) is 2.01. The van der Waals surface area contributed by atoms with E-state index in [0.717, 1.165) is 12.8 Å². The molecule has 5 nitrogen and oxygen atoms in total. The van der Waals surface area contributed by atoms with E-state index in [1.807, 2.05) is 11.0 Å². The molecule has 2 atom stereocenters. The molecule has 0 aliphatic carbocycles. The standard InChI is InChI=1S/C15H16N2O3S/c18-14(12-8-21-9-16-12)17-10-3-4-11(17)7-15(19,6-10)13-2-1-5-20-13/h1-2,5,8-11,19H,3-4,6-7H2/t10-,11-/m1/s1. The minimum absolute atomic E-state index is 0.00903. The van der Waals surface area contributed by atoms with Crippen LogP contribution < -0.4 is 0 Å². The zero-order chi connectivity index (χ0) is 14.4. The van der Waals surface area contributed by atoms with Crippen LogP contribution in [0.25, 0.3) is 0 Å². The van der Waals surface area contributed by atoms with Crippen molar-refractivity contribution < 1.29 is 14.3 Å². The number of nitrogens with zero attached hydrogens (tertiary/aromatic N) is 2. The summed E-state index contributed by atoms with van der Waals surface area (Å²) in [5.74, 6) is 0.602. The maximum Gasteiger partial charge on any atom is 0.273 e. The Kier molecular flexibility index (Phi) is 2.90. The molecule has 2 aliphatic rings. The van der Waals surface area contributed by atoms with Gasteiger partial charge in [0, 0.05) is 30.3 Å². The first-order valence-corrected chi connectivity index (χ1v) is 8.09. The molecule has 110 valence electrons. The van der Waals surface area contributed by atoms with Crippen molar-refractivity contribution in [3.63, 3.8) is 0 Å². The molecule has 0 aromatic carbocycles. The van der Waals surface area contributed by atoms with Gasteiger partial charge in [0.25, 0.3) is 5.91 Å². The Labute approximate surface area is 126 Å². The topological polar surface area (TPSA) is 66.6 Å². The first-order valence-electron chi connectivity index (χ1n) is 7.14. The monoisotopic (exact) mass is 304 g/mol. The number of carbonyl (C=O) groups is 1. The van der Waals surface area contributed by atoms with Crippen molar-refractivity contribution in [3.05, 3.63) is 40.7 Å². The fourth-order valence-corrected chi connectivity index (χ4v) is 4.28. The number of piperidine rings is 1.